The van der Waals surface area contributed by atoms with Crippen LogP contribution in [0.3, 0.4) is 0 Å². The van der Waals surface area contributed by atoms with Crippen molar-refractivity contribution in [3.8, 4) is 0 Å². The number of hydrogen-bond acceptors (Lipinski definition) is 4. The van der Waals surface area contributed by atoms with Crippen LogP contribution in [0.4, 0.5) is 4.39 Å². The zero-order valence-corrected chi connectivity index (χ0v) is 18.7. The van der Waals surface area contributed by atoms with Crippen LogP contribution < -0.4 is 0 Å². The monoisotopic (exact) mass is 454 g/mol. The van der Waals surface area contributed by atoms with E-state index in [0.717, 1.165) is 31.2 Å². The van der Waals surface area contributed by atoms with Crippen LogP contribution in [0, 0.1) is 21.3 Å². The molecule has 33 heavy (non-hydrogen) atoms. The van der Waals surface area contributed by atoms with Crippen LogP contribution in [-0.4, -0.2) is 46.6 Å². The first-order chi connectivity index (χ1) is 15.9. The third kappa shape index (κ3) is 4.93. The number of hydrogen-bond donors (Lipinski definition) is 1. The lowest BCUT2D eigenvalue weighted by molar-refractivity contribution is -0.486. The minimum atomic E-state index is -1.16. The highest BCUT2D eigenvalue weighted by Crippen LogP contribution is 2.47. The van der Waals surface area contributed by atoms with E-state index in [9.17, 15) is 24.4 Å². The predicted molar refractivity (Wildman–Crippen MR) is 123 cm³/mol. The van der Waals surface area contributed by atoms with Gasteiger partial charge in [0.2, 0.25) is 6.54 Å². The lowest BCUT2D eigenvalue weighted by Crippen LogP contribution is -2.53. The topological polar surface area (TPSA) is 83.7 Å². The van der Waals surface area contributed by atoms with Gasteiger partial charge >= 0.3 is 5.97 Å². The zero-order chi connectivity index (χ0) is 23.4. The summed E-state index contributed by atoms with van der Waals surface area (Å²) in [6.07, 6.45) is 5.07. The minimum absolute atomic E-state index is 0.243. The first-order valence-electron chi connectivity index (χ1n) is 11.8. The fourth-order valence-corrected chi connectivity index (χ4v) is 6.05. The van der Waals surface area contributed by atoms with E-state index >= 15 is 0 Å². The van der Waals surface area contributed by atoms with Gasteiger partial charge < -0.3 is 5.11 Å². The highest BCUT2D eigenvalue weighted by molar-refractivity contribution is 5.76. The van der Waals surface area contributed by atoms with E-state index in [1.54, 1.807) is 12.1 Å². The SMILES string of the molecule is O=C(O)C1(C(C[N+](=O)[O-])c2ccccc2)CCN(C2CCCCC2c2ccc(F)cc2)CC1. The van der Waals surface area contributed by atoms with Crippen LogP contribution in [0.2, 0.25) is 0 Å². The van der Waals surface area contributed by atoms with Crippen LogP contribution in [0.25, 0.3) is 0 Å². The van der Waals surface area contributed by atoms with Crippen LogP contribution >= 0.6 is 0 Å². The third-order valence-electron chi connectivity index (χ3n) is 7.81. The number of likely N-dealkylation sites (tertiary alicyclic amines) is 1. The van der Waals surface area contributed by atoms with Crippen molar-refractivity contribution in [3.05, 3.63) is 81.7 Å². The molecule has 4 rings (SSSR count). The second kappa shape index (κ2) is 10.00. The number of carboxylic acid groups (broad SMARTS) is 1. The Morgan fingerprint density at radius 2 is 1.73 bits per heavy atom. The van der Waals surface area contributed by atoms with E-state index in [2.05, 4.69) is 4.90 Å². The molecule has 0 amide bonds. The van der Waals surface area contributed by atoms with Gasteiger partial charge in [-0.15, -0.1) is 0 Å². The van der Waals surface area contributed by atoms with Gasteiger partial charge in [-0.2, -0.15) is 0 Å². The van der Waals surface area contributed by atoms with E-state index in [0.29, 0.717) is 37.4 Å². The molecule has 0 radical (unpaired) electrons. The van der Waals surface area contributed by atoms with Gasteiger partial charge in [-0.25, -0.2) is 4.39 Å². The number of aliphatic carboxylic acids is 1. The lowest BCUT2D eigenvalue weighted by Gasteiger charge is -2.47. The van der Waals surface area contributed by atoms with Gasteiger partial charge in [-0.05, 0) is 68.0 Å². The molecule has 6 nitrogen and oxygen atoms in total. The second-order valence-corrected chi connectivity index (χ2v) is 9.49. The average molecular weight is 455 g/mol. The fourth-order valence-electron chi connectivity index (χ4n) is 6.05. The van der Waals surface area contributed by atoms with Crippen molar-refractivity contribution in [2.24, 2.45) is 5.41 Å². The summed E-state index contributed by atoms with van der Waals surface area (Å²) in [5.74, 6) is -1.57. The van der Waals surface area contributed by atoms with Gasteiger partial charge in [0.05, 0.1) is 11.3 Å². The number of carbonyl (C=O) groups is 1. The standard InChI is InChI=1S/C26H31FN2O4/c27-21-12-10-19(11-13-21)22-8-4-5-9-24(22)28-16-14-26(15-17-28,25(30)31)23(18-29(32)33)20-6-2-1-3-7-20/h1-3,6-7,10-13,22-24H,4-5,8-9,14-18H2,(H,30,31). The van der Waals surface area contributed by atoms with Crippen molar-refractivity contribution < 1.29 is 19.2 Å². The molecule has 0 bridgehead atoms. The average Bonchev–Trinajstić information content (AvgIpc) is 2.83. The molecule has 7 heteroatoms. The summed E-state index contributed by atoms with van der Waals surface area (Å²) in [7, 11) is 0. The van der Waals surface area contributed by atoms with Crippen molar-refractivity contribution >= 4 is 5.97 Å². The van der Waals surface area contributed by atoms with E-state index in [-0.39, 0.29) is 16.8 Å². The third-order valence-corrected chi connectivity index (χ3v) is 7.81. The summed E-state index contributed by atoms with van der Waals surface area (Å²) in [4.78, 5) is 26.1. The van der Waals surface area contributed by atoms with E-state index in [4.69, 9.17) is 0 Å². The maximum absolute atomic E-state index is 13.5. The van der Waals surface area contributed by atoms with Crippen LogP contribution in [-0.2, 0) is 4.79 Å². The summed E-state index contributed by atoms with van der Waals surface area (Å²) in [6.45, 7) is 0.795. The molecule has 3 atom stereocenters. The van der Waals surface area contributed by atoms with Crippen molar-refractivity contribution in [1.82, 2.24) is 4.90 Å². The molecule has 1 aliphatic heterocycles. The number of piperidine rings is 1. The van der Waals surface area contributed by atoms with Crippen molar-refractivity contribution in [2.75, 3.05) is 19.6 Å². The maximum atomic E-state index is 13.5. The van der Waals surface area contributed by atoms with Crippen molar-refractivity contribution in [3.63, 3.8) is 0 Å². The summed E-state index contributed by atoms with van der Waals surface area (Å²) in [5, 5.41) is 21.8. The van der Waals surface area contributed by atoms with Crippen LogP contribution in [0.15, 0.2) is 54.6 Å². The Bertz CT molecular complexity index is 958. The number of carboxylic acids is 1. The predicted octanol–water partition coefficient (Wildman–Crippen LogP) is 5.08. The fraction of sp³-hybridized carbons (Fsp3) is 0.500. The molecule has 1 saturated carbocycles. The Balaban J connectivity index is 1.56. The van der Waals surface area contributed by atoms with Crippen LogP contribution in [0.1, 0.15) is 61.5 Å². The van der Waals surface area contributed by atoms with E-state index in [1.807, 2.05) is 30.3 Å². The Hall–Kier alpha value is -2.80. The number of halogens is 1. The highest BCUT2D eigenvalue weighted by atomic mass is 19.1. The zero-order valence-electron chi connectivity index (χ0n) is 18.7. The smallest absolute Gasteiger partial charge is 0.310 e. The molecule has 1 heterocycles. The van der Waals surface area contributed by atoms with E-state index in [1.165, 1.54) is 12.1 Å². The molecule has 2 aromatic rings. The molecule has 3 unspecified atom stereocenters. The van der Waals surface area contributed by atoms with Gasteiger partial charge in [-0.3, -0.25) is 19.8 Å². The Labute approximate surface area is 193 Å². The summed E-state index contributed by atoms with van der Waals surface area (Å²) < 4.78 is 13.5. The summed E-state index contributed by atoms with van der Waals surface area (Å²) in [6, 6.07) is 16.1. The second-order valence-electron chi connectivity index (χ2n) is 9.49. The van der Waals surface area contributed by atoms with Gasteiger partial charge in [0.15, 0.2) is 0 Å². The Morgan fingerprint density at radius 1 is 1.09 bits per heavy atom. The molecule has 1 aliphatic carbocycles. The first-order valence-corrected chi connectivity index (χ1v) is 11.8. The first kappa shape index (κ1) is 23.4. The molecular weight excluding hydrogens is 423 g/mol. The lowest BCUT2D eigenvalue weighted by atomic mass is 9.65. The van der Waals surface area contributed by atoms with Crippen LogP contribution in [0.5, 0.6) is 0 Å². The Morgan fingerprint density at radius 3 is 2.33 bits per heavy atom. The van der Waals surface area contributed by atoms with Gasteiger partial charge in [0, 0.05) is 11.0 Å². The number of nitro groups is 1. The quantitative estimate of drug-likeness (QED) is 0.466. The molecule has 2 fully saturated rings. The molecule has 0 spiro atoms. The van der Waals surface area contributed by atoms with Gasteiger partial charge in [-0.1, -0.05) is 55.3 Å². The molecule has 1 saturated heterocycles. The molecule has 2 aromatic carbocycles. The molecule has 176 valence electrons. The largest absolute Gasteiger partial charge is 0.481 e. The number of rotatable bonds is 7. The minimum Gasteiger partial charge on any atom is -0.481 e. The number of nitrogens with zero attached hydrogens (tertiary/aromatic N) is 2. The Kier molecular flexibility index (Phi) is 7.08. The summed E-state index contributed by atoms with van der Waals surface area (Å²) in [5.41, 5.74) is 0.684. The normalized spacial score (nSPS) is 24.2. The molecule has 2 aliphatic rings. The van der Waals surface area contributed by atoms with Gasteiger partial charge in [0.1, 0.15) is 5.82 Å². The van der Waals surface area contributed by atoms with Crippen molar-refractivity contribution in [2.45, 2.75) is 56.4 Å². The van der Waals surface area contributed by atoms with E-state index < -0.39 is 23.8 Å². The molecular formula is C26H31FN2O4. The summed E-state index contributed by atoms with van der Waals surface area (Å²) >= 11 is 0. The molecule has 1 N–H and O–H groups in total. The number of benzene rings is 2. The maximum Gasteiger partial charge on any atom is 0.310 e. The van der Waals surface area contributed by atoms with Crippen molar-refractivity contribution in [1.29, 1.82) is 0 Å². The molecule has 0 aromatic heterocycles. The highest BCUT2D eigenvalue weighted by Gasteiger charge is 2.51. The van der Waals surface area contributed by atoms with Gasteiger partial charge in [0.25, 0.3) is 0 Å².